The van der Waals surface area contributed by atoms with Crippen molar-refractivity contribution >= 4 is 11.8 Å². The number of furan rings is 1. The third-order valence-corrected chi connectivity index (χ3v) is 6.04. The molecule has 1 aliphatic heterocycles. The zero-order chi connectivity index (χ0) is 25.0. The van der Waals surface area contributed by atoms with E-state index in [2.05, 4.69) is 6.92 Å². The Kier molecular flexibility index (Phi) is 10.5. The molecule has 0 bridgehead atoms. The lowest BCUT2D eigenvalue weighted by atomic mass is 10.1. The Morgan fingerprint density at radius 1 is 0.943 bits per heavy atom. The van der Waals surface area contributed by atoms with Crippen LogP contribution in [0.4, 0.5) is 0 Å². The van der Waals surface area contributed by atoms with Crippen LogP contribution < -0.4 is 9.47 Å². The van der Waals surface area contributed by atoms with E-state index in [-0.39, 0.29) is 25.2 Å². The first-order chi connectivity index (χ1) is 17.0. The highest BCUT2D eigenvalue weighted by molar-refractivity contribution is 5.84. The zero-order valence-electron chi connectivity index (χ0n) is 21.2. The molecule has 8 heteroatoms. The molecule has 2 aromatic rings. The molecule has 0 saturated heterocycles. The summed E-state index contributed by atoms with van der Waals surface area (Å²) < 4.78 is 21.8. The molecule has 3 rings (SSSR count). The maximum atomic E-state index is 13.5. The van der Waals surface area contributed by atoms with Gasteiger partial charge in [-0.15, -0.1) is 0 Å². The van der Waals surface area contributed by atoms with E-state index < -0.39 is 0 Å². The number of aryl methyl sites for hydroxylation is 1. The Hall–Kier alpha value is -3.00. The Labute approximate surface area is 208 Å². The van der Waals surface area contributed by atoms with Gasteiger partial charge in [-0.05, 0) is 43.2 Å². The summed E-state index contributed by atoms with van der Waals surface area (Å²) in [6.45, 7) is 5.68. The molecule has 1 aliphatic rings. The van der Waals surface area contributed by atoms with Crippen LogP contribution in [0, 0.1) is 6.92 Å². The van der Waals surface area contributed by atoms with Crippen LogP contribution in [0.3, 0.4) is 0 Å². The lowest BCUT2D eigenvalue weighted by Crippen LogP contribution is -2.43. The van der Waals surface area contributed by atoms with Gasteiger partial charge in [0.15, 0.2) is 11.5 Å². The minimum Gasteiger partial charge on any atom is -0.464 e. The van der Waals surface area contributed by atoms with Crippen molar-refractivity contribution < 1.29 is 28.2 Å². The van der Waals surface area contributed by atoms with Gasteiger partial charge in [0.2, 0.25) is 18.6 Å². The number of methoxy groups -OCH3 is 1. The standard InChI is InChI=1S/C27H38N2O6/c1-4-5-6-7-8-9-26(30)28(14-15-32-3)19-27(31)29(18-23-12-10-21(2)35-23)17-22-11-13-24-25(16-22)34-20-33-24/h10-13,16H,4-9,14-15,17-20H2,1-3H3. The molecule has 192 valence electrons. The van der Waals surface area contributed by atoms with Gasteiger partial charge in [0.1, 0.15) is 11.5 Å². The van der Waals surface area contributed by atoms with Gasteiger partial charge in [0.05, 0.1) is 19.7 Å². The van der Waals surface area contributed by atoms with E-state index in [0.29, 0.717) is 49.9 Å². The summed E-state index contributed by atoms with van der Waals surface area (Å²) in [6, 6.07) is 9.42. The predicted molar refractivity (Wildman–Crippen MR) is 132 cm³/mol. The van der Waals surface area contributed by atoms with E-state index in [9.17, 15) is 9.59 Å². The molecule has 0 N–H and O–H groups in total. The molecular weight excluding hydrogens is 448 g/mol. The second-order valence-electron chi connectivity index (χ2n) is 8.92. The van der Waals surface area contributed by atoms with E-state index in [1.54, 1.807) is 16.9 Å². The fraction of sp³-hybridized carbons (Fsp3) is 0.556. The molecule has 1 aromatic carbocycles. The number of rotatable bonds is 15. The molecule has 0 radical (unpaired) electrons. The molecule has 2 amide bonds. The average Bonchev–Trinajstić information content (AvgIpc) is 3.49. The fourth-order valence-corrected chi connectivity index (χ4v) is 4.04. The van der Waals surface area contributed by atoms with Gasteiger partial charge >= 0.3 is 0 Å². The van der Waals surface area contributed by atoms with Crippen molar-refractivity contribution in [3.05, 3.63) is 47.4 Å². The van der Waals surface area contributed by atoms with Gasteiger partial charge in [-0.2, -0.15) is 0 Å². The molecule has 8 nitrogen and oxygen atoms in total. The quantitative estimate of drug-likeness (QED) is 0.340. The maximum absolute atomic E-state index is 13.5. The maximum Gasteiger partial charge on any atom is 0.242 e. The first-order valence-corrected chi connectivity index (χ1v) is 12.5. The van der Waals surface area contributed by atoms with E-state index in [1.165, 1.54) is 6.42 Å². The van der Waals surface area contributed by atoms with Crippen molar-refractivity contribution in [2.24, 2.45) is 0 Å². The number of carbonyl (C=O) groups is 2. The normalized spacial score (nSPS) is 12.1. The van der Waals surface area contributed by atoms with Crippen LogP contribution in [0.5, 0.6) is 11.5 Å². The smallest absolute Gasteiger partial charge is 0.242 e. The van der Waals surface area contributed by atoms with Gasteiger partial charge < -0.3 is 28.4 Å². The van der Waals surface area contributed by atoms with Crippen LogP contribution in [0.1, 0.15) is 62.5 Å². The Balaban J connectivity index is 1.68. The number of ether oxygens (including phenoxy) is 3. The van der Waals surface area contributed by atoms with Gasteiger partial charge in [0, 0.05) is 26.6 Å². The number of benzene rings is 1. The number of carbonyl (C=O) groups excluding carboxylic acids is 2. The Morgan fingerprint density at radius 2 is 1.74 bits per heavy atom. The lowest BCUT2D eigenvalue weighted by molar-refractivity contribution is -0.142. The molecule has 2 heterocycles. The summed E-state index contributed by atoms with van der Waals surface area (Å²) in [5, 5.41) is 0. The molecule has 0 unspecified atom stereocenters. The van der Waals surface area contributed by atoms with Crippen LogP contribution in [0.25, 0.3) is 0 Å². The van der Waals surface area contributed by atoms with Gasteiger partial charge in [-0.3, -0.25) is 9.59 Å². The number of hydrogen-bond acceptors (Lipinski definition) is 6. The zero-order valence-corrected chi connectivity index (χ0v) is 21.2. The van der Waals surface area contributed by atoms with Crippen molar-refractivity contribution in [2.45, 2.75) is 65.5 Å². The largest absolute Gasteiger partial charge is 0.464 e. The molecular formula is C27H38N2O6. The summed E-state index contributed by atoms with van der Waals surface area (Å²) in [6.07, 6.45) is 5.79. The topological polar surface area (TPSA) is 81.5 Å². The van der Waals surface area contributed by atoms with Crippen LogP contribution in [-0.2, 0) is 27.4 Å². The van der Waals surface area contributed by atoms with Crippen molar-refractivity contribution in [1.29, 1.82) is 0 Å². The average molecular weight is 487 g/mol. The Morgan fingerprint density at radius 3 is 2.49 bits per heavy atom. The third-order valence-electron chi connectivity index (χ3n) is 6.04. The minimum absolute atomic E-state index is 0.00138. The molecule has 0 atom stereocenters. The molecule has 0 aliphatic carbocycles. The molecule has 0 fully saturated rings. The second kappa shape index (κ2) is 13.8. The van der Waals surface area contributed by atoms with Crippen LogP contribution in [0.15, 0.2) is 34.7 Å². The second-order valence-corrected chi connectivity index (χ2v) is 8.92. The van der Waals surface area contributed by atoms with Gasteiger partial charge in [-0.25, -0.2) is 0 Å². The van der Waals surface area contributed by atoms with E-state index in [1.807, 2.05) is 37.3 Å². The number of hydrogen-bond donors (Lipinski definition) is 0. The van der Waals surface area contributed by atoms with Crippen molar-refractivity contribution in [3.63, 3.8) is 0 Å². The highest BCUT2D eigenvalue weighted by Crippen LogP contribution is 2.33. The summed E-state index contributed by atoms with van der Waals surface area (Å²) in [4.78, 5) is 29.7. The van der Waals surface area contributed by atoms with Gasteiger partial charge in [0.25, 0.3) is 0 Å². The van der Waals surface area contributed by atoms with Crippen LogP contribution in [0.2, 0.25) is 0 Å². The monoisotopic (exact) mass is 486 g/mol. The van der Waals surface area contributed by atoms with Gasteiger partial charge in [-0.1, -0.05) is 38.7 Å². The summed E-state index contributed by atoms with van der Waals surface area (Å²) in [7, 11) is 1.60. The third kappa shape index (κ3) is 8.31. The summed E-state index contributed by atoms with van der Waals surface area (Å²) in [5.41, 5.74) is 0.913. The SMILES string of the molecule is CCCCCCCC(=O)N(CCOC)CC(=O)N(Cc1ccc2c(c1)OCO2)Cc1ccc(C)o1. The molecule has 35 heavy (non-hydrogen) atoms. The highest BCUT2D eigenvalue weighted by atomic mass is 16.7. The Bertz CT molecular complexity index is 957. The van der Waals surface area contributed by atoms with Crippen molar-refractivity contribution in [1.82, 2.24) is 9.80 Å². The molecule has 0 saturated carbocycles. The lowest BCUT2D eigenvalue weighted by Gasteiger charge is -2.27. The van der Waals surface area contributed by atoms with E-state index >= 15 is 0 Å². The first kappa shape index (κ1) is 26.6. The number of fused-ring (bicyclic) bond motifs is 1. The fourth-order valence-electron chi connectivity index (χ4n) is 4.04. The first-order valence-electron chi connectivity index (χ1n) is 12.5. The molecule has 0 spiro atoms. The predicted octanol–water partition coefficient (Wildman–Crippen LogP) is 4.68. The summed E-state index contributed by atoms with van der Waals surface area (Å²) >= 11 is 0. The minimum atomic E-state index is -0.146. The highest BCUT2D eigenvalue weighted by Gasteiger charge is 2.23. The van der Waals surface area contributed by atoms with Crippen molar-refractivity contribution in [3.8, 4) is 11.5 Å². The molecule has 1 aromatic heterocycles. The number of unbranched alkanes of at least 4 members (excludes halogenated alkanes) is 4. The van der Waals surface area contributed by atoms with E-state index in [4.69, 9.17) is 18.6 Å². The van der Waals surface area contributed by atoms with Crippen LogP contribution in [-0.4, -0.2) is 55.2 Å². The summed E-state index contributed by atoms with van der Waals surface area (Å²) in [5.74, 6) is 2.70. The van der Waals surface area contributed by atoms with Crippen molar-refractivity contribution in [2.75, 3.05) is 33.6 Å². The van der Waals surface area contributed by atoms with E-state index in [0.717, 1.165) is 37.0 Å². The number of amides is 2. The number of nitrogens with zero attached hydrogens (tertiary/aromatic N) is 2. The van der Waals surface area contributed by atoms with Crippen LogP contribution >= 0.6 is 0 Å².